The van der Waals surface area contributed by atoms with Gasteiger partial charge < -0.3 is 40.0 Å². The summed E-state index contributed by atoms with van der Waals surface area (Å²) in [6.07, 6.45) is 0.0610. The van der Waals surface area contributed by atoms with Crippen LogP contribution < -0.4 is 5.32 Å². The van der Waals surface area contributed by atoms with Gasteiger partial charge in [0, 0.05) is 13.3 Å². The van der Waals surface area contributed by atoms with Gasteiger partial charge in [0.1, 0.15) is 36.6 Å². The highest BCUT2D eigenvalue weighted by Gasteiger charge is 2.46. The molecule has 10 heteroatoms. The Morgan fingerprint density at radius 1 is 1.10 bits per heavy atom. The topological polar surface area (TPSA) is 155 Å². The van der Waals surface area contributed by atoms with Gasteiger partial charge in [-0.2, -0.15) is 0 Å². The summed E-state index contributed by atoms with van der Waals surface area (Å²) in [7, 11) is 0. The molecule has 30 heavy (non-hydrogen) atoms. The van der Waals surface area contributed by atoms with Crippen molar-refractivity contribution in [2.24, 2.45) is 0 Å². The number of esters is 1. The number of aliphatic hydroxyl groups is 4. The summed E-state index contributed by atoms with van der Waals surface area (Å²) < 4.78 is 16.0. The van der Waals surface area contributed by atoms with Gasteiger partial charge in [-0.25, -0.2) is 0 Å². The number of nitrogens with one attached hydrogen (secondary N) is 1. The van der Waals surface area contributed by atoms with Gasteiger partial charge in [0.05, 0.1) is 13.2 Å². The molecule has 5 N–H and O–H groups in total. The first kappa shape index (κ1) is 26.7. The minimum Gasteiger partial charge on any atom is -0.463 e. The molecule has 0 radical (unpaired) electrons. The first-order chi connectivity index (χ1) is 14.1. The van der Waals surface area contributed by atoms with Gasteiger partial charge in [-0.1, -0.05) is 32.6 Å². The van der Waals surface area contributed by atoms with Crippen molar-refractivity contribution in [3.63, 3.8) is 0 Å². The van der Waals surface area contributed by atoms with Gasteiger partial charge >= 0.3 is 5.97 Å². The van der Waals surface area contributed by atoms with E-state index in [1.165, 1.54) is 13.8 Å². The zero-order valence-electron chi connectivity index (χ0n) is 18.1. The van der Waals surface area contributed by atoms with Gasteiger partial charge in [-0.15, -0.1) is 0 Å². The van der Waals surface area contributed by atoms with Crippen molar-refractivity contribution in [3.05, 3.63) is 0 Å². The summed E-state index contributed by atoms with van der Waals surface area (Å²) in [5.74, 6) is -0.888. The quantitative estimate of drug-likeness (QED) is 0.192. The molecule has 0 saturated carbocycles. The van der Waals surface area contributed by atoms with Crippen LogP contribution in [0.4, 0.5) is 0 Å². The van der Waals surface area contributed by atoms with E-state index in [4.69, 9.17) is 14.2 Å². The molecule has 6 atom stereocenters. The zero-order chi connectivity index (χ0) is 22.7. The van der Waals surface area contributed by atoms with E-state index in [0.29, 0.717) is 0 Å². The molecule has 10 nitrogen and oxygen atoms in total. The summed E-state index contributed by atoms with van der Waals surface area (Å²) in [6.45, 7) is 3.54. The van der Waals surface area contributed by atoms with Crippen LogP contribution in [0.1, 0.15) is 59.3 Å². The number of hydrogen-bond donors (Lipinski definition) is 5. The number of rotatable bonds is 13. The second-order valence-electron chi connectivity index (χ2n) is 8.07. The van der Waals surface area contributed by atoms with Gasteiger partial charge in [-0.3, -0.25) is 9.59 Å². The zero-order valence-corrected chi connectivity index (χ0v) is 18.1. The molecule has 0 aromatic carbocycles. The summed E-state index contributed by atoms with van der Waals surface area (Å²) in [6, 6.07) is -1.11. The molecule has 1 rings (SSSR count). The molecule has 0 aromatic heterocycles. The number of aliphatic hydroxyl groups excluding tert-OH is 3. The highest BCUT2D eigenvalue weighted by molar-refractivity contribution is 5.73. The molecular formula is C20H37NO9. The molecule has 0 bridgehead atoms. The Bertz CT molecular complexity index is 528. The van der Waals surface area contributed by atoms with Crippen molar-refractivity contribution < 1.29 is 44.2 Å². The highest BCUT2D eigenvalue weighted by atomic mass is 16.7. The molecule has 1 aliphatic rings. The maximum Gasteiger partial charge on any atom is 0.305 e. The number of unbranched alkanes of at least 4 members (excludes halogenated alkanes) is 4. The van der Waals surface area contributed by atoms with Crippen LogP contribution in [0.3, 0.4) is 0 Å². The number of ether oxygens (including phenoxy) is 3. The van der Waals surface area contributed by atoms with Crippen molar-refractivity contribution in [1.82, 2.24) is 5.32 Å². The molecule has 1 heterocycles. The lowest BCUT2D eigenvalue weighted by Gasteiger charge is -2.42. The third-order valence-corrected chi connectivity index (χ3v) is 4.84. The SMILES string of the molecule is CCCCCCCC(=O)OC[C@@](C)(O)CO[C@@H]1O[C@H](CO)[C@@H](O)[C@H](O)[C@H]1NC(C)=O. The van der Waals surface area contributed by atoms with Crippen molar-refractivity contribution in [1.29, 1.82) is 0 Å². The van der Waals surface area contributed by atoms with E-state index in [1.54, 1.807) is 0 Å². The fraction of sp³-hybridized carbons (Fsp3) is 0.900. The van der Waals surface area contributed by atoms with E-state index in [2.05, 4.69) is 12.2 Å². The van der Waals surface area contributed by atoms with Gasteiger partial charge in [-0.05, 0) is 13.3 Å². The van der Waals surface area contributed by atoms with E-state index in [9.17, 15) is 30.0 Å². The standard InChI is InChI=1S/C20H37NO9/c1-4-5-6-7-8-9-15(24)28-11-20(3,27)12-29-19-16(21-13(2)23)18(26)17(25)14(10-22)30-19/h14,16-19,22,25-27H,4-12H2,1-3H3,(H,21,23)/t14-,16-,17-,18-,19-,20-/m1/s1. The van der Waals surface area contributed by atoms with Crippen LogP contribution >= 0.6 is 0 Å². The molecule has 0 unspecified atom stereocenters. The molecular weight excluding hydrogens is 398 g/mol. The normalized spacial score (nSPS) is 28.6. The lowest BCUT2D eigenvalue weighted by atomic mass is 9.97. The monoisotopic (exact) mass is 435 g/mol. The third-order valence-electron chi connectivity index (χ3n) is 4.84. The Morgan fingerprint density at radius 2 is 1.77 bits per heavy atom. The van der Waals surface area contributed by atoms with Crippen molar-refractivity contribution in [3.8, 4) is 0 Å². The summed E-state index contributed by atoms with van der Waals surface area (Å²) >= 11 is 0. The molecule has 1 aliphatic heterocycles. The van der Waals surface area contributed by atoms with Crippen molar-refractivity contribution in [2.75, 3.05) is 19.8 Å². The Balaban J connectivity index is 2.52. The van der Waals surface area contributed by atoms with E-state index in [0.717, 1.165) is 32.1 Å². The maximum absolute atomic E-state index is 11.8. The van der Waals surface area contributed by atoms with Crippen LogP contribution in [0.5, 0.6) is 0 Å². The van der Waals surface area contributed by atoms with Crippen LogP contribution in [0.15, 0.2) is 0 Å². The predicted molar refractivity (Wildman–Crippen MR) is 106 cm³/mol. The average molecular weight is 436 g/mol. The maximum atomic E-state index is 11.8. The van der Waals surface area contributed by atoms with Crippen LogP contribution in [-0.4, -0.2) is 88.4 Å². The minimum atomic E-state index is -1.54. The average Bonchev–Trinajstić information content (AvgIpc) is 2.69. The van der Waals surface area contributed by atoms with Gasteiger partial charge in [0.15, 0.2) is 6.29 Å². The Kier molecular flexibility index (Phi) is 11.7. The lowest BCUT2D eigenvalue weighted by Crippen LogP contribution is -2.65. The summed E-state index contributed by atoms with van der Waals surface area (Å²) in [5.41, 5.74) is -1.54. The highest BCUT2D eigenvalue weighted by Crippen LogP contribution is 2.23. The number of carbonyl (C=O) groups is 2. The Morgan fingerprint density at radius 3 is 2.37 bits per heavy atom. The smallest absolute Gasteiger partial charge is 0.305 e. The van der Waals surface area contributed by atoms with Crippen LogP contribution in [-0.2, 0) is 23.8 Å². The van der Waals surface area contributed by atoms with Crippen LogP contribution in [0.2, 0.25) is 0 Å². The third kappa shape index (κ3) is 9.23. The van der Waals surface area contributed by atoms with Gasteiger partial charge in [0.2, 0.25) is 5.91 Å². The Hall–Kier alpha value is -1.30. The van der Waals surface area contributed by atoms with E-state index in [-0.39, 0.29) is 19.6 Å². The number of carbonyl (C=O) groups excluding carboxylic acids is 2. The molecule has 1 saturated heterocycles. The van der Waals surface area contributed by atoms with E-state index < -0.39 is 54.7 Å². The number of hydrogen-bond acceptors (Lipinski definition) is 9. The second kappa shape index (κ2) is 13.2. The number of amides is 1. The van der Waals surface area contributed by atoms with Crippen molar-refractivity contribution >= 4 is 11.9 Å². The summed E-state index contributed by atoms with van der Waals surface area (Å²) in [5, 5.41) is 42.4. The largest absolute Gasteiger partial charge is 0.463 e. The van der Waals surface area contributed by atoms with E-state index >= 15 is 0 Å². The molecule has 0 aromatic rings. The fourth-order valence-electron chi connectivity index (χ4n) is 3.10. The molecule has 1 amide bonds. The molecule has 1 fully saturated rings. The molecule has 0 spiro atoms. The van der Waals surface area contributed by atoms with Crippen LogP contribution in [0.25, 0.3) is 0 Å². The van der Waals surface area contributed by atoms with E-state index in [1.807, 2.05) is 0 Å². The lowest BCUT2D eigenvalue weighted by molar-refractivity contribution is -0.280. The minimum absolute atomic E-state index is 0.277. The second-order valence-corrected chi connectivity index (χ2v) is 8.07. The summed E-state index contributed by atoms with van der Waals surface area (Å²) in [4.78, 5) is 23.2. The predicted octanol–water partition coefficient (Wildman–Crippen LogP) is -0.399. The Labute approximate surface area is 177 Å². The van der Waals surface area contributed by atoms with Crippen molar-refractivity contribution in [2.45, 2.75) is 95.5 Å². The first-order valence-corrected chi connectivity index (χ1v) is 10.5. The molecule has 176 valence electrons. The molecule has 0 aliphatic carbocycles. The fourth-order valence-corrected chi connectivity index (χ4v) is 3.10. The van der Waals surface area contributed by atoms with Gasteiger partial charge in [0.25, 0.3) is 0 Å². The van der Waals surface area contributed by atoms with Crippen LogP contribution in [0, 0.1) is 0 Å². The first-order valence-electron chi connectivity index (χ1n) is 10.5.